The number of nitro groups is 1. The van der Waals surface area contributed by atoms with E-state index in [0.717, 1.165) is 0 Å². The van der Waals surface area contributed by atoms with Crippen LogP contribution in [-0.2, 0) is 7.05 Å². The highest BCUT2D eigenvalue weighted by molar-refractivity contribution is 6.09. The van der Waals surface area contributed by atoms with Gasteiger partial charge in [-0.3, -0.25) is 19.6 Å². The zero-order valence-electron chi connectivity index (χ0n) is 10.2. The molecule has 96 valence electrons. The Hall–Kier alpha value is -2.76. The number of carbonyl (C=O) groups is 1. The van der Waals surface area contributed by atoms with Gasteiger partial charge in [-0.25, -0.2) is 0 Å². The van der Waals surface area contributed by atoms with E-state index in [1.165, 1.54) is 17.0 Å². The van der Waals surface area contributed by atoms with Crippen LogP contribution in [0.1, 0.15) is 15.9 Å². The number of allylic oxidation sites excluding steroid dienone is 1. The van der Waals surface area contributed by atoms with E-state index < -0.39 is 16.4 Å². The predicted molar refractivity (Wildman–Crippen MR) is 69.0 cm³/mol. The fourth-order valence-electron chi connectivity index (χ4n) is 1.61. The molecule has 1 heterocycles. The lowest BCUT2D eigenvalue weighted by Crippen LogP contribution is -2.11. The first-order chi connectivity index (χ1) is 9.08. The van der Waals surface area contributed by atoms with Gasteiger partial charge in [0, 0.05) is 30.4 Å². The van der Waals surface area contributed by atoms with Crippen molar-refractivity contribution >= 4 is 11.9 Å². The third kappa shape index (κ3) is 2.92. The van der Waals surface area contributed by atoms with Crippen molar-refractivity contribution in [3.8, 4) is 0 Å². The van der Waals surface area contributed by atoms with Gasteiger partial charge in [0.05, 0.1) is 11.1 Å². The van der Waals surface area contributed by atoms with Crippen molar-refractivity contribution in [1.29, 1.82) is 0 Å². The molecule has 0 saturated heterocycles. The van der Waals surface area contributed by atoms with Crippen LogP contribution < -0.4 is 0 Å². The predicted octanol–water partition coefficient (Wildman–Crippen LogP) is 1.92. The van der Waals surface area contributed by atoms with Crippen molar-refractivity contribution in [2.24, 2.45) is 7.05 Å². The molecule has 0 aliphatic heterocycles. The SMILES string of the molecule is Cn1cc(/C=C(\C(=O)c2ccccc2)[N+](=O)[O-])cn1. The van der Waals surface area contributed by atoms with Crippen LogP contribution in [0.25, 0.3) is 6.08 Å². The molecular weight excluding hydrogens is 246 g/mol. The van der Waals surface area contributed by atoms with Gasteiger partial charge in [-0.05, 0) is 0 Å². The van der Waals surface area contributed by atoms with Gasteiger partial charge >= 0.3 is 5.70 Å². The smallest absolute Gasteiger partial charge is 0.282 e. The highest BCUT2D eigenvalue weighted by atomic mass is 16.6. The summed E-state index contributed by atoms with van der Waals surface area (Å²) in [5, 5.41) is 14.9. The van der Waals surface area contributed by atoms with Crippen LogP contribution in [0.2, 0.25) is 0 Å². The van der Waals surface area contributed by atoms with E-state index in [0.29, 0.717) is 5.56 Å². The van der Waals surface area contributed by atoms with Gasteiger partial charge < -0.3 is 0 Å². The van der Waals surface area contributed by atoms with Gasteiger partial charge in [0.25, 0.3) is 5.78 Å². The number of hydrogen-bond donors (Lipinski definition) is 0. The fraction of sp³-hybridized carbons (Fsp3) is 0.0769. The summed E-state index contributed by atoms with van der Waals surface area (Å²) in [5.74, 6) is -0.616. The van der Waals surface area contributed by atoms with Crippen LogP contribution in [-0.4, -0.2) is 20.5 Å². The molecule has 0 atom stereocenters. The molecule has 0 bridgehead atoms. The summed E-state index contributed by atoms with van der Waals surface area (Å²) >= 11 is 0. The van der Waals surface area contributed by atoms with E-state index in [1.807, 2.05) is 0 Å². The molecule has 0 aliphatic rings. The second-order valence-electron chi connectivity index (χ2n) is 3.93. The van der Waals surface area contributed by atoms with Gasteiger partial charge in [0.1, 0.15) is 0 Å². The number of carbonyl (C=O) groups excluding carboxylic acids is 1. The first-order valence-corrected chi connectivity index (χ1v) is 5.52. The van der Waals surface area contributed by atoms with Crippen LogP contribution in [0.5, 0.6) is 0 Å². The Bertz CT molecular complexity index is 644. The molecule has 0 spiro atoms. The third-order valence-corrected chi connectivity index (χ3v) is 2.49. The molecule has 0 unspecified atom stereocenters. The molecule has 19 heavy (non-hydrogen) atoms. The Balaban J connectivity index is 2.39. The van der Waals surface area contributed by atoms with Crippen LogP contribution in [0.3, 0.4) is 0 Å². The van der Waals surface area contributed by atoms with Gasteiger partial charge in [-0.15, -0.1) is 0 Å². The lowest BCUT2D eigenvalue weighted by atomic mass is 10.1. The zero-order chi connectivity index (χ0) is 13.8. The summed E-state index contributed by atoms with van der Waals surface area (Å²) in [6, 6.07) is 8.16. The molecular formula is C13H11N3O3. The quantitative estimate of drug-likeness (QED) is 0.363. The summed E-state index contributed by atoms with van der Waals surface area (Å²) in [5.41, 5.74) is 0.326. The molecule has 0 fully saturated rings. The zero-order valence-corrected chi connectivity index (χ0v) is 10.2. The molecule has 0 aliphatic carbocycles. The molecule has 0 amide bonds. The number of aromatic nitrogens is 2. The minimum atomic E-state index is -0.678. The standard InChI is InChI=1S/C13H11N3O3/c1-15-9-10(8-14-15)7-12(16(18)19)13(17)11-5-3-2-4-6-11/h2-9H,1H3/b12-7+. The molecule has 1 aromatic heterocycles. The largest absolute Gasteiger partial charge is 0.317 e. The molecule has 6 heteroatoms. The summed E-state index contributed by atoms with van der Waals surface area (Å²) in [4.78, 5) is 22.4. The molecule has 1 aromatic carbocycles. The maximum absolute atomic E-state index is 12.1. The number of Topliss-reactive ketones (excluding diaryl/α,β-unsaturated/α-hetero) is 1. The van der Waals surface area contributed by atoms with Gasteiger partial charge in [0.2, 0.25) is 0 Å². The van der Waals surface area contributed by atoms with Crippen molar-refractivity contribution in [1.82, 2.24) is 9.78 Å². The normalized spacial score (nSPS) is 11.3. The molecule has 0 radical (unpaired) electrons. The number of hydrogen-bond acceptors (Lipinski definition) is 4. The van der Waals surface area contributed by atoms with Crippen molar-refractivity contribution in [2.45, 2.75) is 0 Å². The van der Waals surface area contributed by atoms with E-state index >= 15 is 0 Å². The molecule has 0 saturated carbocycles. The monoisotopic (exact) mass is 257 g/mol. The Morgan fingerprint density at radius 1 is 1.37 bits per heavy atom. The average Bonchev–Trinajstić information content (AvgIpc) is 2.81. The molecule has 2 rings (SSSR count). The van der Waals surface area contributed by atoms with Crippen molar-refractivity contribution in [2.75, 3.05) is 0 Å². The Morgan fingerprint density at radius 2 is 2.05 bits per heavy atom. The van der Waals surface area contributed by atoms with Crippen molar-refractivity contribution < 1.29 is 9.72 Å². The Kier molecular flexibility index (Phi) is 3.51. The Morgan fingerprint density at radius 3 is 2.58 bits per heavy atom. The summed E-state index contributed by atoms with van der Waals surface area (Å²) in [6.07, 6.45) is 4.28. The maximum atomic E-state index is 12.1. The lowest BCUT2D eigenvalue weighted by Gasteiger charge is -1.98. The summed E-state index contributed by atoms with van der Waals surface area (Å²) in [7, 11) is 1.70. The third-order valence-electron chi connectivity index (χ3n) is 2.49. The number of aryl methyl sites for hydroxylation is 1. The number of nitrogens with zero attached hydrogens (tertiary/aromatic N) is 3. The van der Waals surface area contributed by atoms with E-state index in [1.54, 1.807) is 43.6 Å². The second kappa shape index (κ2) is 5.26. The van der Waals surface area contributed by atoms with E-state index in [9.17, 15) is 14.9 Å². The van der Waals surface area contributed by atoms with Crippen molar-refractivity contribution in [3.05, 3.63) is 69.7 Å². The number of benzene rings is 1. The van der Waals surface area contributed by atoms with E-state index in [2.05, 4.69) is 5.10 Å². The van der Waals surface area contributed by atoms with E-state index in [4.69, 9.17) is 0 Å². The minimum absolute atomic E-state index is 0.286. The maximum Gasteiger partial charge on any atom is 0.317 e. The van der Waals surface area contributed by atoms with Gasteiger partial charge in [-0.1, -0.05) is 30.3 Å². The second-order valence-corrected chi connectivity index (χ2v) is 3.93. The minimum Gasteiger partial charge on any atom is -0.282 e. The summed E-state index contributed by atoms with van der Waals surface area (Å²) < 4.78 is 1.51. The van der Waals surface area contributed by atoms with Crippen LogP contribution in [0.4, 0.5) is 0 Å². The van der Waals surface area contributed by atoms with E-state index in [-0.39, 0.29) is 5.56 Å². The van der Waals surface area contributed by atoms with Crippen LogP contribution in [0, 0.1) is 10.1 Å². The first kappa shape index (κ1) is 12.7. The highest BCUT2D eigenvalue weighted by Crippen LogP contribution is 2.13. The van der Waals surface area contributed by atoms with Crippen LogP contribution >= 0.6 is 0 Å². The van der Waals surface area contributed by atoms with Crippen molar-refractivity contribution in [3.63, 3.8) is 0 Å². The summed E-state index contributed by atoms with van der Waals surface area (Å²) in [6.45, 7) is 0. The fourth-order valence-corrected chi connectivity index (χ4v) is 1.61. The topological polar surface area (TPSA) is 78.0 Å². The van der Waals surface area contributed by atoms with Crippen LogP contribution in [0.15, 0.2) is 48.4 Å². The Labute approximate surface area is 109 Å². The highest BCUT2D eigenvalue weighted by Gasteiger charge is 2.23. The first-order valence-electron chi connectivity index (χ1n) is 5.52. The molecule has 2 aromatic rings. The molecule has 0 N–H and O–H groups in total. The number of rotatable bonds is 4. The molecule has 6 nitrogen and oxygen atoms in total. The number of ketones is 1. The average molecular weight is 257 g/mol. The van der Waals surface area contributed by atoms with Gasteiger partial charge in [0.15, 0.2) is 0 Å². The lowest BCUT2D eigenvalue weighted by molar-refractivity contribution is -0.415. The van der Waals surface area contributed by atoms with Gasteiger partial charge in [-0.2, -0.15) is 5.10 Å².